The maximum Gasteiger partial charge on any atom is 0.260 e. The lowest BCUT2D eigenvalue weighted by atomic mass is 10.2. The molecule has 6 heteroatoms. The summed E-state index contributed by atoms with van der Waals surface area (Å²) in [7, 11) is 1.60. The molecule has 0 atom stereocenters. The molecule has 0 bridgehead atoms. The van der Waals surface area contributed by atoms with Gasteiger partial charge in [0.2, 0.25) is 5.95 Å². The number of para-hydroxylation sites is 3. The quantitative estimate of drug-likeness (QED) is 0.684. The lowest BCUT2D eigenvalue weighted by molar-refractivity contribution is 0.305. The van der Waals surface area contributed by atoms with Gasteiger partial charge in [-0.15, -0.1) is 0 Å². The molecule has 2 aromatic carbocycles. The van der Waals surface area contributed by atoms with Gasteiger partial charge in [-0.25, -0.2) is 4.98 Å². The number of rotatable bonds is 6. The molecule has 3 rings (SSSR count). The van der Waals surface area contributed by atoms with Gasteiger partial charge in [-0.2, -0.15) is 0 Å². The maximum absolute atomic E-state index is 12.0. The highest BCUT2D eigenvalue weighted by molar-refractivity contribution is 5.78. The second-order valence-corrected chi connectivity index (χ2v) is 4.86. The van der Waals surface area contributed by atoms with E-state index in [1.807, 2.05) is 36.4 Å². The average Bonchev–Trinajstić information content (AvgIpc) is 2.59. The SMILES string of the molecule is COc1ccccc1OCCNc1nc2ccccc2c(=O)[nH]1. The van der Waals surface area contributed by atoms with Crippen LogP contribution >= 0.6 is 0 Å². The van der Waals surface area contributed by atoms with E-state index in [0.717, 1.165) is 0 Å². The van der Waals surface area contributed by atoms with Gasteiger partial charge in [-0.05, 0) is 24.3 Å². The number of anilines is 1. The molecular weight excluding hydrogens is 294 g/mol. The van der Waals surface area contributed by atoms with Gasteiger partial charge in [0.15, 0.2) is 11.5 Å². The highest BCUT2D eigenvalue weighted by atomic mass is 16.5. The summed E-state index contributed by atoms with van der Waals surface area (Å²) >= 11 is 0. The van der Waals surface area contributed by atoms with E-state index in [1.165, 1.54) is 0 Å². The molecule has 0 saturated heterocycles. The van der Waals surface area contributed by atoms with Gasteiger partial charge >= 0.3 is 0 Å². The van der Waals surface area contributed by atoms with E-state index in [9.17, 15) is 4.79 Å². The Bertz CT molecular complexity index is 861. The van der Waals surface area contributed by atoms with Crippen LogP contribution in [0.5, 0.6) is 11.5 Å². The van der Waals surface area contributed by atoms with Crippen LogP contribution in [0.3, 0.4) is 0 Å². The van der Waals surface area contributed by atoms with Crippen LogP contribution in [0, 0.1) is 0 Å². The minimum atomic E-state index is -0.163. The summed E-state index contributed by atoms with van der Waals surface area (Å²) in [5, 5.41) is 3.63. The summed E-state index contributed by atoms with van der Waals surface area (Å²) in [5.41, 5.74) is 0.494. The summed E-state index contributed by atoms with van der Waals surface area (Å²) < 4.78 is 10.9. The fraction of sp³-hybridized carbons (Fsp3) is 0.176. The summed E-state index contributed by atoms with van der Waals surface area (Å²) in [6.45, 7) is 0.913. The molecule has 0 unspecified atom stereocenters. The summed E-state index contributed by atoms with van der Waals surface area (Å²) in [5.74, 6) is 1.79. The molecule has 6 nitrogen and oxygen atoms in total. The number of ether oxygens (including phenoxy) is 2. The van der Waals surface area contributed by atoms with Crippen LogP contribution in [0.1, 0.15) is 0 Å². The lowest BCUT2D eigenvalue weighted by Gasteiger charge is -2.11. The fourth-order valence-corrected chi connectivity index (χ4v) is 2.24. The van der Waals surface area contributed by atoms with Crippen molar-refractivity contribution in [2.24, 2.45) is 0 Å². The van der Waals surface area contributed by atoms with Crippen LogP contribution in [0.4, 0.5) is 5.95 Å². The number of methoxy groups -OCH3 is 1. The standard InChI is InChI=1S/C17H17N3O3/c1-22-14-8-4-5-9-15(14)23-11-10-18-17-19-13-7-3-2-6-12(13)16(21)20-17/h2-9H,10-11H2,1H3,(H2,18,19,20,21). The predicted molar refractivity (Wildman–Crippen MR) is 89.3 cm³/mol. The molecule has 1 heterocycles. The summed E-state index contributed by atoms with van der Waals surface area (Å²) in [4.78, 5) is 19.0. The molecule has 0 aliphatic rings. The van der Waals surface area contributed by atoms with Gasteiger partial charge in [0.1, 0.15) is 6.61 Å². The Kier molecular flexibility index (Phi) is 4.42. The highest BCUT2D eigenvalue weighted by Crippen LogP contribution is 2.25. The Morgan fingerprint density at radius 3 is 2.65 bits per heavy atom. The lowest BCUT2D eigenvalue weighted by Crippen LogP contribution is -2.17. The second-order valence-electron chi connectivity index (χ2n) is 4.86. The van der Waals surface area contributed by atoms with Crippen LogP contribution < -0.4 is 20.3 Å². The van der Waals surface area contributed by atoms with E-state index >= 15 is 0 Å². The average molecular weight is 311 g/mol. The van der Waals surface area contributed by atoms with Crippen molar-refractivity contribution in [1.82, 2.24) is 9.97 Å². The predicted octanol–water partition coefficient (Wildman–Crippen LogP) is 2.42. The molecule has 1 aromatic heterocycles. The number of fused-ring (bicyclic) bond motifs is 1. The number of hydrogen-bond acceptors (Lipinski definition) is 5. The van der Waals surface area contributed by atoms with E-state index < -0.39 is 0 Å². The van der Waals surface area contributed by atoms with Gasteiger partial charge in [-0.1, -0.05) is 24.3 Å². The smallest absolute Gasteiger partial charge is 0.260 e. The minimum absolute atomic E-state index is 0.163. The van der Waals surface area contributed by atoms with Gasteiger partial charge in [0, 0.05) is 0 Å². The number of H-pyrrole nitrogens is 1. The molecule has 23 heavy (non-hydrogen) atoms. The third-order valence-electron chi connectivity index (χ3n) is 3.33. The van der Waals surface area contributed by atoms with Crippen molar-refractivity contribution in [2.75, 3.05) is 25.6 Å². The molecule has 0 radical (unpaired) electrons. The van der Waals surface area contributed by atoms with Crippen LogP contribution in [-0.2, 0) is 0 Å². The van der Waals surface area contributed by atoms with Crippen molar-refractivity contribution in [3.05, 3.63) is 58.9 Å². The molecule has 0 aliphatic heterocycles. The maximum atomic E-state index is 12.0. The fourth-order valence-electron chi connectivity index (χ4n) is 2.24. The second kappa shape index (κ2) is 6.83. The molecule has 2 N–H and O–H groups in total. The first kappa shape index (κ1) is 14.9. The number of nitrogens with one attached hydrogen (secondary N) is 2. The van der Waals surface area contributed by atoms with E-state index in [2.05, 4.69) is 15.3 Å². The van der Waals surface area contributed by atoms with Gasteiger partial charge in [0.05, 0.1) is 24.6 Å². The molecule has 3 aromatic rings. The van der Waals surface area contributed by atoms with Crippen LogP contribution in [-0.4, -0.2) is 30.2 Å². The largest absolute Gasteiger partial charge is 0.493 e. The number of nitrogens with zero attached hydrogens (tertiary/aromatic N) is 1. The molecule has 0 spiro atoms. The zero-order valence-electron chi connectivity index (χ0n) is 12.7. The van der Waals surface area contributed by atoms with E-state index in [-0.39, 0.29) is 5.56 Å². The zero-order chi connectivity index (χ0) is 16.1. The molecule has 0 fully saturated rings. The molecule has 0 aliphatic carbocycles. The van der Waals surface area contributed by atoms with Gasteiger partial charge < -0.3 is 14.8 Å². The van der Waals surface area contributed by atoms with Crippen molar-refractivity contribution in [1.29, 1.82) is 0 Å². The molecule has 0 amide bonds. The zero-order valence-corrected chi connectivity index (χ0v) is 12.7. The minimum Gasteiger partial charge on any atom is -0.493 e. The van der Waals surface area contributed by atoms with Crippen molar-refractivity contribution in [3.63, 3.8) is 0 Å². The van der Waals surface area contributed by atoms with Crippen molar-refractivity contribution < 1.29 is 9.47 Å². The third kappa shape index (κ3) is 3.42. The van der Waals surface area contributed by atoms with Crippen molar-refractivity contribution in [3.8, 4) is 11.5 Å². The van der Waals surface area contributed by atoms with Crippen LogP contribution in [0.25, 0.3) is 10.9 Å². The van der Waals surface area contributed by atoms with E-state index in [4.69, 9.17) is 9.47 Å². The summed E-state index contributed by atoms with van der Waals surface area (Å²) in [6.07, 6.45) is 0. The first-order valence-electron chi connectivity index (χ1n) is 7.26. The van der Waals surface area contributed by atoms with Gasteiger partial charge in [0.25, 0.3) is 5.56 Å². The first-order valence-corrected chi connectivity index (χ1v) is 7.26. The number of hydrogen-bond donors (Lipinski definition) is 2. The third-order valence-corrected chi connectivity index (χ3v) is 3.33. The topological polar surface area (TPSA) is 76.2 Å². The first-order chi connectivity index (χ1) is 11.3. The number of benzene rings is 2. The number of aromatic amines is 1. The summed E-state index contributed by atoms with van der Waals surface area (Å²) in [6, 6.07) is 14.7. The highest BCUT2D eigenvalue weighted by Gasteiger charge is 2.04. The molecule has 118 valence electrons. The number of aromatic nitrogens is 2. The monoisotopic (exact) mass is 311 g/mol. The van der Waals surface area contributed by atoms with Crippen LogP contribution in [0.15, 0.2) is 53.3 Å². The Hall–Kier alpha value is -3.02. The Balaban J connectivity index is 1.62. The Labute approximate surface area is 133 Å². The Morgan fingerprint density at radius 2 is 1.83 bits per heavy atom. The van der Waals surface area contributed by atoms with Gasteiger partial charge in [-0.3, -0.25) is 9.78 Å². The molecule has 0 saturated carbocycles. The van der Waals surface area contributed by atoms with Crippen molar-refractivity contribution >= 4 is 16.9 Å². The molecular formula is C17H17N3O3. The normalized spacial score (nSPS) is 10.5. The van der Waals surface area contributed by atoms with E-state index in [0.29, 0.717) is 41.5 Å². The van der Waals surface area contributed by atoms with E-state index in [1.54, 1.807) is 19.2 Å². The van der Waals surface area contributed by atoms with Crippen LogP contribution in [0.2, 0.25) is 0 Å². The van der Waals surface area contributed by atoms with Crippen molar-refractivity contribution in [2.45, 2.75) is 0 Å². The Morgan fingerprint density at radius 1 is 1.09 bits per heavy atom.